The molecule has 4 atom stereocenters. The number of ether oxygens (including phenoxy) is 3. The Kier molecular flexibility index (Phi) is 8.19. The first-order chi connectivity index (χ1) is 13.1. The van der Waals surface area contributed by atoms with E-state index >= 15 is 0 Å². The van der Waals surface area contributed by atoms with Gasteiger partial charge in [-0.05, 0) is 5.56 Å². The summed E-state index contributed by atoms with van der Waals surface area (Å²) in [7, 11) is 0. The third-order valence-corrected chi connectivity index (χ3v) is 4.24. The van der Waals surface area contributed by atoms with Gasteiger partial charge in [-0.3, -0.25) is 9.59 Å². The van der Waals surface area contributed by atoms with Gasteiger partial charge in [0.1, 0.15) is 38.1 Å². The van der Waals surface area contributed by atoms with Gasteiger partial charge in [-0.15, -0.1) is 6.58 Å². The summed E-state index contributed by atoms with van der Waals surface area (Å²) >= 11 is 0. The van der Waals surface area contributed by atoms with Crippen LogP contribution in [0.3, 0.4) is 0 Å². The fourth-order valence-electron chi connectivity index (χ4n) is 3.00. The summed E-state index contributed by atoms with van der Waals surface area (Å²) in [5.74, 6) is -2.62. The molecule has 1 fully saturated rings. The number of hydrogen-bond acceptors (Lipinski definition) is 5. The Bertz CT molecular complexity index is 662. The van der Waals surface area contributed by atoms with Gasteiger partial charge >= 0.3 is 11.9 Å². The fourth-order valence-corrected chi connectivity index (χ4v) is 3.00. The van der Waals surface area contributed by atoms with Gasteiger partial charge in [0.2, 0.25) is 0 Å². The molecule has 0 amide bonds. The van der Waals surface area contributed by atoms with Gasteiger partial charge in [0.05, 0.1) is 12.2 Å². The lowest BCUT2D eigenvalue weighted by molar-refractivity contribution is -0.373. The van der Waals surface area contributed by atoms with Crippen LogP contribution in [0.4, 0.5) is 0 Å². The second-order valence-corrected chi connectivity index (χ2v) is 6.16. The SMILES string of the molecule is C=CC1OC(/C=C/c2ccccc2)C(C(=O)OCC[NH3+])C1C(=O)OCC[NH3+]. The lowest BCUT2D eigenvalue weighted by atomic mass is 9.86. The quantitative estimate of drug-likeness (QED) is 0.443. The van der Waals surface area contributed by atoms with Gasteiger partial charge in [-0.1, -0.05) is 48.6 Å². The smallest absolute Gasteiger partial charge is 0.313 e. The normalized spacial score (nSPS) is 24.7. The zero-order chi connectivity index (χ0) is 19.6. The van der Waals surface area contributed by atoms with E-state index in [4.69, 9.17) is 14.2 Å². The van der Waals surface area contributed by atoms with Crippen molar-refractivity contribution in [3.05, 3.63) is 54.6 Å². The summed E-state index contributed by atoms with van der Waals surface area (Å²) in [6, 6.07) is 9.63. The van der Waals surface area contributed by atoms with E-state index in [0.717, 1.165) is 5.56 Å². The molecule has 7 nitrogen and oxygen atoms in total. The zero-order valence-corrected chi connectivity index (χ0v) is 15.4. The average Bonchev–Trinajstić information content (AvgIpc) is 3.08. The highest BCUT2D eigenvalue weighted by molar-refractivity contribution is 5.84. The van der Waals surface area contributed by atoms with Crippen LogP contribution in [0.25, 0.3) is 6.08 Å². The molecule has 1 aromatic rings. The Labute approximate surface area is 158 Å². The molecule has 146 valence electrons. The molecule has 6 N–H and O–H groups in total. The number of esters is 2. The summed E-state index contributed by atoms with van der Waals surface area (Å²) in [5, 5.41) is 0. The van der Waals surface area contributed by atoms with E-state index in [0.29, 0.717) is 13.1 Å². The summed E-state index contributed by atoms with van der Waals surface area (Å²) in [4.78, 5) is 25.2. The summed E-state index contributed by atoms with van der Waals surface area (Å²) in [5.41, 5.74) is 8.29. The third kappa shape index (κ3) is 5.50. The van der Waals surface area contributed by atoms with Gasteiger partial charge in [0.15, 0.2) is 0 Å². The minimum atomic E-state index is -0.809. The molecule has 4 unspecified atom stereocenters. The molecule has 0 bridgehead atoms. The Morgan fingerprint density at radius 2 is 1.56 bits per heavy atom. The van der Waals surface area contributed by atoms with E-state index in [1.165, 1.54) is 6.08 Å². The Morgan fingerprint density at radius 3 is 2.07 bits per heavy atom. The molecule has 0 aliphatic carbocycles. The second kappa shape index (κ2) is 10.6. The molecular formula is C20H28N2O5+2. The van der Waals surface area contributed by atoms with E-state index in [9.17, 15) is 9.59 Å². The highest BCUT2D eigenvalue weighted by Crippen LogP contribution is 2.36. The van der Waals surface area contributed by atoms with Gasteiger partial charge < -0.3 is 25.7 Å². The first kappa shape index (κ1) is 20.8. The number of carbonyl (C=O) groups excluding carboxylic acids is 2. The van der Waals surface area contributed by atoms with Crippen LogP contribution in [0.5, 0.6) is 0 Å². The van der Waals surface area contributed by atoms with Crippen LogP contribution in [0.2, 0.25) is 0 Å². The maximum absolute atomic E-state index is 12.7. The molecule has 1 aromatic carbocycles. The molecule has 0 aromatic heterocycles. The van der Waals surface area contributed by atoms with Crippen molar-refractivity contribution in [2.24, 2.45) is 11.8 Å². The van der Waals surface area contributed by atoms with Crippen LogP contribution in [0, 0.1) is 11.8 Å². The van der Waals surface area contributed by atoms with Crippen molar-refractivity contribution in [1.29, 1.82) is 0 Å². The van der Waals surface area contributed by atoms with Gasteiger partial charge in [-0.25, -0.2) is 0 Å². The molecule has 0 spiro atoms. The van der Waals surface area contributed by atoms with Crippen molar-refractivity contribution < 1.29 is 35.3 Å². The zero-order valence-electron chi connectivity index (χ0n) is 15.4. The third-order valence-electron chi connectivity index (χ3n) is 4.24. The van der Waals surface area contributed by atoms with Gasteiger partial charge in [0.25, 0.3) is 0 Å². The summed E-state index contributed by atoms with van der Waals surface area (Å²) in [6.07, 6.45) is 3.90. The fraction of sp³-hybridized carbons (Fsp3) is 0.400. The molecule has 7 heteroatoms. The van der Waals surface area contributed by atoms with Crippen LogP contribution in [0.15, 0.2) is 49.1 Å². The van der Waals surface area contributed by atoms with Crippen molar-refractivity contribution in [3.8, 4) is 0 Å². The van der Waals surface area contributed by atoms with Crippen molar-refractivity contribution in [3.63, 3.8) is 0 Å². The minimum absolute atomic E-state index is 0.184. The van der Waals surface area contributed by atoms with Crippen molar-refractivity contribution in [1.82, 2.24) is 0 Å². The molecule has 1 aliphatic heterocycles. The number of benzene rings is 1. The molecule has 0 saturated carbocycles. The van der Waals surface area contributed by atoms with Crippen molar-refractivity contribution in [2.45, 2.75) is 12.2 Å². The van der Waals surface area contributed by atoms with Crippen molar-refractivity contribution >= 4 is 18.0 Å². The number of quaternary nitrogens is 2. The average molecular weight is 376 g/mol. The standard InChI is InChI=1S/C20H26N2O5/c1-2-15-17(19(23)25-12-10-21)18(20(24)26-13-11-22)16(27-15)9-8-14-6-4-3-5-7-14/h2-9,15-18H,1,10-13,21-22H2/p+2/b9-8+. The van der Waals surface area contributed by atoms with Gasteiger partial charge in [0, 0.05) is 0 Å². The van der Waals surface area contributed by atoms with E-state index in [2.05, 4.69) is 18.0 Å². The van der Waals surface area contributed by atoms with E-state index < -0.39 is 36.0 Å². The Balaban J connectivity index is 2.27. The van der Waals surface area contributed by atoms with Crippen molar-refractivity contribution in [2.75, 3.05) is 26.3 Å². The molecule has 1 aliphatic rings. The highest BCUT2D eigenvalue weighted by atomic mass is 16.6. The number of hydrogen-bond donors (Lipinski definition) is 2. The monoisotopic (exact) mass is 376 g/mol. The molecule has 0 radical (unpaired) electrons. The second-order valence-electron chi connectivity index (χ2n) is 6.16. The first-order valence-electron chi connectivity index (χ1n) is 9.05. The predicted octanol–water partition coefficient (Wildman–Crippen LogP) is -0.544. The summed E-state index contributed by atoms with van der Waals surface area (Å²) < 4.78 is 16.4. The minimum Gasteiger partial charge on any atom is -0.459 e. The highest BCUT2D eigenvalue weighted by Gasteiger charge is 2.51. The van der Waals surface area contributed by atoms with Crippen LogP contribution in [-0.4, -0.2) is 50.4 Å². The van der Waals surface area contributed by atoms with Crippen LogP contribution in [0.1, 0.15) is 5.56 Å². The lowest BCUT2D eigenvalue weighted by Gasteiger charge is -2.19. The molecule has 1 saturated heterocycles. The van der Waals surface area contributed by atoms with Gasteiger partial charge in [-0.2, -0.15) is 0 Å². The van der Waals surface area contributed by atoms with Crippen LogP contribution in [-0.2, 0) is 23.8 Å². The maximum atomic E-state index is 12.7. The van der Waals surface area contributed by atoms with Crippen LogP contribution >= 0.6 is 0 Å². The lowest BCUT2D eigenvalue weighted by Crippen LogP contribution is -2.53. The van der Waals surface area contributed by atoms with E-state index in [1.807, 2.05) is 36.4 Å². The Morgan fingerprint density at radius 1 is 1.00 bits per heavy atom. The largest absolute Gasteiger partial charge is 0.459 e. The molecular weight excluding hydrogens is 348 g/mol. The number of carbonyl (C=O) groups is 2. The molecule has 2 rings (SSSR count). The van der Waals surface area contributed by atoms with E-state index in [-0.39, 0.29) is 13.2 Å². The molecule has 1 heterocycles. The first-order valence-corrected chi connectivity index (χ1v) is 9.05. The number of rotatable bonds is 9. The van der Waals surface area contributed by atoms with Crippen LogP contribution < -0.4 is 11.5 Å². The topological polar surface area (TPSA) is 117 Å². The Hall–Kier alpha value is -2.48. The summed E-state index contributed by atoms with van der Waals surface area (Å²) in [6.45, 7) is 5.00. The predicted molar refractivity (Wildman–Crippen MR) is 98.7 cm³/mol. The molecule has 27 heavy (non-hydrogen) atoms. The maximum Gasteiger partial charge on any atom is 0.313 e. The van der Waals surface area contributed by atoms with E-state index in [1.54, 1.807) is 6.08 Å².